The van der Waals surface area contributed by atoms with Crippen LogP contribution in [0.15, 0.2) is 24.3 Å². The van der Waals surface area contributed by atoms with Crippen LogP contribution in [0, 0.1) is 5.92 Å². The number of rotatable bonds is 3. The third-order valence-corrected chi connectivity index (χ3v) is 2.89. The lowest BCUT2D eigenvalue weighted by Crippen LogP contribution is -1.98. The predicted molar refractivity (Wildman–Crippen MR) is 66.9 cm³/mol. The van der Waals surface area contributed by atoms with E-state index < -0.39 is 5.97 Å². The Labute approximate surface area is 104 Å². The molecule has 0 aliphatic heterocycles. The number of benzene rings is 1. The maximum Gasteiger partial charge on any atom is 0.328 e. The average Bonchev–Trinajstić information content (AvgIpc) is 2.18. The zero-order chi connectivity index (χ0) is 12.3. The predicted octanol–water partition coefficient (Wildman–Crippen LogP) is 4.12. The lowest BCUT2D eigenvalue weighted by atomic mass is 9.95. The van der Waals surface area contributed by atoms with E-state index in [1.165, 1.54) is 6.08 Å². The number of allylic oxidation sites excluding steroid dienone is 1. The van der Waals surface area contributed by atoms with Crippen molar-refractivity contribution in [2.24, 2.45) is 5.92 Å². The molecule has 86 valence electrons. The molecule has 0 spiro atoms. The van der Waals surface area contributed by atoms with Crippen LogP contribution >= 0.6 is 23.2 Å². The molecule has 0 unspecified atom stereocenters. The highest BCUT2D eigenvalue weighted by atomic mass is 35.5. The molecule has 0 aliphatic carbocycles. The summed E-state index contributed by atoms with van der Waals surface area (Å²) in [7, 11) is 0. The van der Waals surface area contributed by atoms with Crippen molar-refractivity contribution in [1.29, 1.82) is 0 Å². The molecule has 1 aromatic rings. The highest BCUT2D eigenvalue weighted by Crippen LogP contribution is 2.29. The van der Waals surface area contributed by atoms with E-state index >= 15 is 0 Å². The number of carboxylic acid groups (broad SMARTS) is 1. The van der Waals surface area contributed by atoms with Crippen molar-refractivity contribution in [2.75, 3.05) is 0 Å². The second-order valence-corrected chi connectivity index (χ2v) is 4.54. The fourth-order valence-electron chi connectivity index (χ4n) is 1.39. The van der Waals surface area contributed by atoms with E-state index in [4.69, 9.17) is 28.3 Å². The Morgan fingerprint density at radius 2 is 1.94 bits per heavy atom. The minimum atomic E-state index is -0.963. The van der Waals surface area contributed by atoms with Gasteiger partial charge in [0.25, 0.3) is 0 Å². The first-order valence-electron chi connectivity index (χ1n) is 4.81. The summed E-state index contributed by atoms with van der Waals surface area (Å²) in [5.74, 6) is -0.858. The van der Waals surface area contributed by atoms with Crippen molar-refractivity contribution in [1.82, 2.24) is 0 Å². The minimum absolute atomic E-state index is 0.105. The molecule has 0 heterocycles. The highest BCUT2D eigenvalue weighted by Gasteiger charge is 2.10. The fraction of sp³-hybridized carbons (Fsp3) is 0.250. The Morgan fingerprint density at radius 1 is 1.31 bits per heavy atom. The van der Waals surface area contributed by atoms with E-state index in [2.05, 4.69) is 0 Å². The van der Waals surface area contributed by atoms with Crippen molar-refractivity contribution >= 4 is 34.7 Å². The second-order valence-electron chi connectivity index (χ2n) is 3.72. The van der Waals surface area contributed by atoms with E-state index in [1.807, 2.05) is 13.8 Å². The van der Waals surface area contributed by atoms with Gasteiger partial charge in [0.05, 0.1) is 10.0 Å². The zero-order valence-corrected chi connectivity index (χ0v) is 10.5. The number of halogens is 2. The smallest absolute Gasteiger partial charge is 0.328 e. The second kappa shape index (κ2) is 5.37. The van der Waals surface area contributed by atoms with E-state index in [1.54, 1.807) is 18.2 Å². The summed E-state index contributed by atoms with van der Waals surface area (Å²) < 4.78 is 0. The molecule has 0 bridgehead atoms. The summed E-state index contributed by atoms with van der Waals surface area (Å²) >= 11 is 11.7. The van der Waals surface area contributed by atoms with Crippen molar-refractivity contribution < 1.29 is 9.90 Å². The highest BCUT2D eigenvalue weighted by molar-refractivity contribution is 6.42. The molecule has 0 saturated carbocycles. The molecule has 2 nitrogen and oxygen atoms in total. The van der Waals surface area contributed by atoms with Crippen molar-refractivity contribution in [3.63, 3.8) is 0 Å². The largest absolute Gasteiger partial charge is 0.478 e. The Hall–Kier alpha value is -0.990. The molecule has 0 aromatic heterocycles. The van der Waals surface area contributed by atoms with Crippen LogP contribution < -0.4 is 0 Å². The molecular weight excluding hydrogens is 247 g/mol. The number of hydrogen-bond acceptors (Lipinski definition) is 1. The first-order chi connectivity index (χ1) is 7.41. The van der Waals surface area contributed by atoms with Gasteiger partial charge in [0.2, 0.25) is 0 Å². The summed E-state index contributed by atoms with van der Waals surface area (Å²) in [6, 6.07) is 5.11. The van der Waals surface area contributed by atoms with Crippen LogP contribution in [0.4, 0.5) is 0 Å². The molecule has 4 heteroatoms. The van der Waals surface area contributed by atoms with Gasteiger partial charge in [-0.25, -0.2) is 4.79 Å². The topological polar surface area (TPSA) is 37.3 Å². The first kappa shape index (κ1) is 13.1. The summed E-state index contributed by atoms with van der Waals surface area (Å²) in [5, 5.41) is 9.67. The van der Waals surface area contributed by atoms with Gasteiger partial charge in [0.1, 0.15) is 0 Å². The van der Waals surface area contributed by atoms with Crippen LogP contribution in [-0.2, 0) is 4.79 Å². The fourth-order valence-corrected chi connectivity index (χ4v) is 1.69. The number of carboxylic acids is 1. The molecule has 0 saturated heterocycles. The lowest BCUT2D eigenvalue weighted by Gasteiger charge is -2.11. The van der Waals surface area contributed by atoms with E-state index in [0.29, 0.717) is 10.0 Å². The standard InChI is InChI=1S/C12H12Cl2O2/c1-7(2)9(6-12(15)16)8-3-4-10(13)11(14)5-8/h3-7H,1-2H3,(H,15,16)/b9-6+. The van der Waals surface area contributed by atoms with E-state index in [9.17, 15) is 4.79 Å². The molecule has 16 heavy (non-hydrogen) atoms. The van der Waals surface area contributed by atoms with Gasteiger partial charge in [-0.05, 0) is 29.2 Å². The number of carbonyl (C=O) groups is 1. The molecule has 0 atom stereocenters. The third-order valence-electron chi connectivity index (χ3n) is 2.15. The molecule has 1 rings (SSSR count). The molecular formula is C12H12Cl2O2. The van der Waals surface area contributed by atoms with Gasteiger partial charge in [-0.3, -0.25) is 0 Å². The van der Waals surface area contributed by atoms with Crippen LogP contribution in [0.2, 0.25) is 10.0 Å². The van der Waals surface area contributed by atoms with Crippen molar-refractivity contribution in [3.05, 3.63) is 39.9 Å². The Morgan fingerprint density at radius 3 is 2.38 bits per heavy atom. The molecule has 1 N–H and O–H groups in total. The van der Waals surface area contributed by atoms with Crippen molar-refractivity contribution in [3.8, 4) is 0 Å². The summed E-state index contributed by atoms with van der Waals surface area (Å²) in [4.78, 5) is 10.7. The molecule has 0 fully saturated rings. The molecule has 0 amide bonds. The van der Waals surface area contributed by atoms with Gasteiger partial charge in [0.15, 0.2) is 0 Å². The molecule has 0 aliphatic rings. The van der Waals surface area contributed by atoms with Gasteiger partial charge >= 0.3 is 5.97 Å². The van der Waals surface area contributed by atoms with E-state index in [0.717, 1.165) is 11.1 Å². The lowest BCUT2D eigenvalue weighted by molar-refractivity contribution is -0.131. The number of aliphatic carboxylic acids is 1. The van der Waals surface area contributed by atoms with Crippen LogP contribution in [0.25, 0.3) is 5.57 Å². The van der Waals surface area contributed by atoms with Gasteiger partial charge in [-0.15, -0.1) is 0 Å². The van der Waals surface area contributed by atoms with Gasteiger partial charge in [-0.1, -0.05) is 43.1 Å². The van der Waals surface area contributed by atoms with Crippen molar-refractivity contribution in [2.45, 2.75) is 13.8 Å². The van der Waals surface area contributed by atoms with Gasteiger partial charge in [-0.2, -0.15) is 0 Å². The Bertz CT molecular complexity index is 437. The quantitative estimate of drug-likeness (QED) is 0.829. The minimum Gasteiger partial charge on any atom is -0.478 e. The van der Waals surface area contributed by atoms with Crippen LogP contribution in [0.5, 0.6) is 0 Å². The summed E-state index contributed by atoms with van der Waals surface area (Å²) in [6.45, 7) is 3.86. The maximum atomic E-state index is 10.7. The Kier molecular flexibility index (Phi) is 4.39. The van der Waals surface area contributed by atoms with E-state index in [-0.39, 0.29) is 5.92 Å². The normalized spacial score (nSPS) is 11.9. The van der Waals surface area contributed by atoms with Gasteiger partial charge in [0, 0.05) is 6.08 Å². The maximum absolute atomic E-state index is 10.7. The van der Waals surface area contributed by atoms with Crippen LogP contribution in [0.1, 0.15) is 19.4 Å². The monoisotopic (exact) mass is 258 g/mol. The third kappa shape index (κ3) is 3.26. The zero-order valence-electron chi connectivity index (χ0n) is 9.00. The SMILES string of the molecule is CC(C)/C(=C\C(=O)O)c1ccc(Cl)c(Cl)c1. The first-order valence-corrected chi connectivity index (χ1v) is 5.57. The Balaban J connectivity index is 3.22. The summed E-state index contributed by atoms with van der Waals surface area (Å²) in [5.41, 5.74) is 1.51. The van der Waals surface area contributed by atoms with Gasteiger partial charge < -0.3 is 5.11 Å². The summed E-state index contributed by atoms with van der Waals surface area (Å²) in [6.07, 6.45) is 1.20. The number of hydrogen-bond donors (Lipinski definition) is 1. The van der Waals surface area contributed by atoms with Crippen LogP contribution in [-0.4, -0.2) is 11.1 Å². The average molecular weight is 259 g/mol. The van der Waals surface area contributed by atoms with Crippen LogP contribution in [0.3, 0.4) is 0 Å². The molecule has 0 radical (unpaired) electrons. The molecule has 1 aromatic carbocycles.